The molecule has 29 heavy (non-hydrogen) atoms. The number of nitrogens with zero attached hydrogens (tertiary/aromatic N) is 2. The van der Waals surface area contributed by atoms with Crippen LogP contribution in [0.3, 0.4) is 0 Å². The molecule has 4 rings (SSSR count). The Hall–Kier alpha value is -2.22. The Morgan fingerprint density at radius 2 is 1.90 bits per heavy atom. The lowest BCUT2D eigenvalue weighted by Crippen LogP contribution is -2.35. The van der Waals surface area contributed by atoms with Crippen LogP contribution >= 0.6 is 15.9 Å². The van der Waals surface area contributed by atoms with E-state index in [0.29, 0.717) is 13.0 Å². The molecule has 1 unspecified atom stereocenters. The smallest absolute Gasteiger partial charge is 0.239 e. The summed E-state index contributed by atoms with van der Waals surface area (Å²) in [7, 11) is 0. The number of carbonyl (C=O) groups excluding carboxylic acids is 2. The summed E-state index contributed by atoms with van der Waals surface area (Å²) < 4.78 is 6.24. The number of carbonyl (C=O) groups is 2. The Kier molecular flexibility index (Phi) is 6.28. The van der Waals surface area contributed by atoms with Crippen molar-refractivity contribution in [3.63, 3.8) is 0 Å². The van der Waals surface area contributed by atoms with Crippen molar-refractivity contribution in [1.82, 2.24) is 4.90 Å². The zero-order valence-corrected chi connectivity index (χ0v) is 17.7. The van der Waals surface area contributed by atoms with Crippen molar-refractivity contribution in [2.45, 2.75) is 13.0 Å². The second-order valence-electron chi connectivity index (χ2n) is 7.36. The topological polar surface area (TPSA) is 61.9 Å². The first kappa shape index (κ1) is 20.1. The van der Waals surface area contributed by atoms with Gasteiger partial charge in [0.15, 0.2) is 0 Å². The number of rotatable bonds is 5. The molecule has 1 atom stereocenters. The quantitative estimate of drug-likeness (QED) is 0.699. The lowest BCUT2D eigenvalue weighted by Gasteiger charge is -2.26. The molecule has 2 saturated heterocycles. The van der Waals surface area contributed by atoms with E-state index >= 15 is 0 Å². The second kappa shape index (κ2) is 9.07. The molecule has 2 aromatic rings. The number of ether oxygens (including phenoxy) is 1. The van der Waals surface area contributed by atoms with Gasteiger partial charge in [-0.25, -0.2) is 0 Å². The summed E-state index contributed by atoms with van der Waals surface area (Å²) in [5.74, 6) is -1.06. The SMILES string of the molecule is O=C(Nc1cccc(CN2CCOCC2)c1)C1CCN(c2ccccc2Br)C1=O. The average molecular weight is 458 g/mol. The van der Waals surface area contributed by atoms with E-state index in [0.717, 1.165) is 54.3 Å². The van der Waals surface area contributed by atoms with Gasteiger partial charge in [-0.15, -0.1) is 0 Å². The first-order valence-corrected chi connectivity index (χ1v) is 10.7. The fraction of sp³-hybridized carbons (Fsp3) is 0.364. The van der Waals surface area contributed by atoms with Crippen LogP contribution in [-0.4, -0.2) is 49.6 Å². The zero-order chi connectivity index (χ0) is 20.2. The molecular weight excluding hydrogens is 434 g/mol. The maximum absolute atomic E-state index is 12.8. The van der Waals surface area contributed by atoms with E-state index in [2.05, 4.69) is 32.2 Å². The molecular formula is C22H24BrN3O3. The highest BCUT2D eigenvalue weighted by molar-refractivity contribution is 9.10. The van der Waals surface area contributed by atoms with Gasteiger partial charge in [-0.1, -0.05) is 24.3 Å². The minimum atomic E-state index is -0.662. The highest BCUT2D eigenvalue weighted by Gasteiger charge is 2.38. The number of morpholine rings is 1. The third-order valence-electron chi connectivity index (χ3n) is 5.37. The average Bonchev–Trinajstić information content (AvgIpc) is 3.11. The van der Waals surface area contributed by atoms with E-state index in [9.17, 15) is 9.59 Å². The molecule has 152 valence electrons. The lowest BCUT2D eigenvalue weighted by molar-refractivity contribution is -0.129. The zero-order valence-electron chi connectivity index (χ0n) is 16.1. The summed E-state index contributed by atoms with van der Waals surface area (Å²) in [6, 6.07) is 15.4. The fourth-order valence-corrected chi connectivity index (χ4v) is 4.33. The Labute approximate surface area is 178 Å². The number of halogens is 1. The van der Waals surface area contributed by atoms with Gasteiger partial charge in [-0.2, -0.15) is 0 Å². The van der Waals surface area contributed by atoms with Gasteiger partial charge in [0.2, 0.25) is 11.8 Å². The summed E-state index contributed by atoms with van der Waals surface area (Å²) in [5, 5.41) is 2.94. The van der Waals surface area contributed by atoms with Gasteiger partial charge in [0.05, 0.1) is 18.9 Å². The summed E-state index contributed by atoms with van der Waals surface area (Å²) in [5.41, 5.74) is 2.67. The van der Waals surface area contributed by atoms with E-state index in [4.69, 9.17) is 4.74 Å². The maximum atomic E-state index is 12.8. The van der Waals surface area contributed by atoms with Crippen LogP contribution in [0.5, 0.6) is 0 Å². The van der Waals surface area contributed by atoms with Gasteiger partial charge in [0.1, 0.15) is 5.92 Å². The van der Waals surface area contributed by atoms with Crippen LogP contribution in [0.1, 0.15) is 12.0 Å². The number of para-hydroxylation sites is 1. The van der Waals surface area contributed by atoms with E-state index in [1.165, 1.54) is 0 Å². The molecule has 2 aliphatic heterocycles. The van der Waals surface area contributed by atoms with E-state index in [-0.39, 0.29) is 11.8 Å². The lowest BCUT2D eigenvalue weighted by atomic mass is 10.1. The van der Waals surface area contributed by atoms with Gasteiger partial charge in [0, 0.05) is 36.3 Å². The van der Waals surface area contributed by atoms with Gasteiger partial charge in [0.25, 0.3) is 0 Å². The van der Waals surface area contributed by atoms with Gasteiger partial charge >= 0.3 is 0 Å². The van der Waals surface area contributed by atoms with E-state index in [1.807, 2.05) is 42.5 Å². The molecule has 2 heterocycles. The number of amides is 2. The first-order chi connectivity index (χ1) is 14.1. The summed E-state index contributed by atoms with van der Waals surface area (Å²) in [6.07, 6.45) is 0.513. The summed E-state index contributed by atoms with van der Waals surface area (Å²) in [4.78, 5) is 29.7. The summed E-state index contributed by atoms with van der Waals surface area (Å²) in [6.45, 7) is 4.71. The number of hydrogen-bond acceptors (Lipinski definition) is 4. The standard InChI is InChI=1S/C22H24BrN3O3/c23-19-6-1-2-7-20(19)26-9-8-18(22(26)28)21(27)24-17-5-3-4-16(14-17)15-25-10-12-29-13-11-25/h1-7,14,18H,8-13,15H2,(H,24,27). The molecule has 7 heteroatoms. The molecule has 0 spiro atoms. The van der Waals surface area contributed by atoms with Crippen LogP contribution in [0.4, 0.5) is 11.4 Å². The molecule has 0 aromatic heterocycles. The molecule has 6 nitrogen and oxygen atoms in total. The Morgan fingerprint density at radius 1 is 1.10 bits per heavy atom. The number of nitrogens with one attached hydrogen (secondary N) is 1. The molecule has 2 aliphatic rings. The minimum absolute atomic E-state index is 0.154. The van der Waals surface area contributed by atoms with Crippen molar-refractivity contribution in [1.29, 1.82) is 0 Å². The van der Waals surface area contributed by atoms with Crippen molar-refractivity contribution < 1.29 is 14.3 Å². The van der Waals surface area contributed by atoms with Crippen LogP contribution in [-0.2, 0) is 20.9 Å². The van der Waals surface area contributed by atoms with Crippen molar-refractivity contribution >= 4 is 39.1 Å². The molecule has 1 N–H and O–H groups in total. The van der Waals surface area contributed by atoms with Crippen LogP contribution in [0, 0.1) is 5.92 Å². The number of hydrogen-bond donors (Lipinski definition) is 1. The van der Waals surface area contributed by atoms with Crippen molar-refractivity contribution in [2.75, 3.05) is 43.1 Å². The third-order valence-corrected chi connectivity index (χ3v) is 6.04. The molecule has 0 saturated carbocycles. The largest absolute Gasteiger partial charge is 0.379 e. The fourth-order valence-electron chi connectivity index (χ4n) is 3.83. The predicted molar refractivity (Wildman–Crippen MR) is 116 cm³/mol. The summed E-state index contributed by atoms with van der Waals surface area (Å²) >= 11 is 3.49. The maximum Gasteiger partial charge on any atom is 0.239 e. The van der Waals surface area contributed by atoms with Gasteiger partial charge in [-0.3, -0.25) is 14.5 Å². The Morgan fingerprint density at radius 3 is 2.69 bits per heavy atom. The van der Waals surface area contributed by atoms with E-state index < -0.39 is 5.92 Å². The second-order valence-corrected chi connectivity index (χ2v) is 8.22. The van der Waals surface area contributed by atoms with Crippen LogP contribution in [0.15, 0.2) is 53.0 Å². The minimum Gasteiger partial charge on any atom is -0.379 e. The molecule has 0 radical (unpaired) electrons. The normalized spacial score (nSPS) is 20.1. The molecule has 2 aromatic carbocycles. The van der Waals surface area contributed by atoms with Crippen LogP contribution in [0.2, 0.25) is 0 Å². The van der Waals surface area contributed by atoms with Gasteiger partial charge < -0.3 is 15.0 Å². The Balaban J connectivity index is 1.40. The third kappa shape index (κ3) is 4.69. The number of benzene rings is 2. The van der Waals surface area contributed by atoms with Crippen LogP contribution in [0.25, 0.3) is 0 Å². The predicted octanol–water partition coefficient (Wildman–Crippen LogP) is 3.27. The Bertz CT molecular complexity index is 898. The van der Waals surface area contributed by atoms with Crippen molar-refractivity contribution in [3.05, 3.63) is 58.6 Å². The highest BCUT2D eigenvalue weighted by atomic mass is 79.9. The molecule has 2 fully saturated rings. The first-order valence-electron chi connectivity index (χ1n) is 9.87. The monoisotopic (exact) mass is 457 g/mol. The highest BCUT2D eigenvalue weighted by Crippen LogP contribution is 2.31. The van der Waals surface area contributed by atoms with Crippen molar-refractivity contribution in [2.24, 2.45) is 5.92 Å². The molecule has 2 amide bonds. The van der Waals surface area contributed by atoms with E-state index in [1.54, 1.807) is 4.90 Å². The molecule has 0 aliphatic carbocycles. The van der Waals surface area contributed by atoms with Crippen LogP contribution < -0.4 is 10.2 Å². The number of anilines is 2. The van der Waals surface area contributed by atoms with Crippen molar-refractivity contribution in [3.8, 4) is 0 Å². The molecule has 0 bridgehead atoms. The van der Waals surface area contributed by atoms with Gasteiger partial charge in [-0.05, 0) is 52.2 Å².